The van der Waals surface area contributed by atoms with Crippen molar-refractivity contribution in [2.75, 3.05) is 26.2 Å². The number of para-hydroxylation sites is 1. The predicted molar refractivity (Wildman–Crippen MR) is 136 cm³/mol. The van der Waals surface area contributed by atoms with Crippen molar-refractivity contribution < 1.29 is 19.4 Å². The maximum atomic E-state index is 13.4. The molecule has 1 aromatic carbocycles. The number of aromatic nitrogens is 2. The monoisotopic (exact) mass is 494 g/mol. The Morgan fingerprint density at radius 3 is 2.42 bits per heavy atom. The number of rotatable bonds is 5. The van der Waals surface area contributed by atoms with Gasteiger partial charge in [0.1, 0.15) is 18.4 Å². The van der Waals surface area contributed by atoms with Crippen LogP contribution in [0.15, 0.2) is 24.3 Å². The Bertz CT molecular complexity index is 1080. The smallest absolute Gasteiger partial charge is 0.274 e. The zero-order valence-electron chi connectivity index (χ0n) is 21.3. The van der Waals surface area contributed by atoms with Crippen molar-refractivity contribution in [3.8, 4) is 5.75 Å². The molecule has 2 fully saturated rings. The minimum atomic E-state index is -0.326. The molecule has 0 bridgehead atoms. The van der Waals surface area contributed by atoms with Gasteiger partial charge in [0.25, 0.3) is 5.91 Å². The quantitative estimate of drug-likeness (QED) is 0.646. The first-order chi connectivity index (χ1) is 17.5. The first-order valence-corrected chi connectivity index (χ1v) is 13.6. The van der Waals surface area contributed by atoms with E-state index in [1.807, 2.05) is 32.7 Å². The van der Waals surface area contributed by atoms with E-state index in [1.165, 1.54) is 0 Å². The Morgan fingerprint density at radius 1 is 0.972 bits per heavy atom. The minimum Gasteiger partial charge on any atom is -0.490 e. The molecule has 8 heteroatoms. The summed E-state index contributed by atoms with van der Waals surface area (Å²) < 4.78 is 8.01. The average Bonchev–Trinajstić information content (AvgIpc) is 3.05. The number of aliphatic hydroxyl groups excluding tert-OH is 1. The van der Waals surface area contributed by atoms with Gasteiger partial charge in [0.2, 0.25) is 5.91 Å². The van der Waals surface area contributed by atoms with Crippen LogP contribution in [-0.4, -0.2) is 74.9 Å². The third-order valence-electron chi connectivity index (χ3n) is 7.93. The molecular weight excluding hydrogens is 456 g/mol. The van der Waals surface area contributed by atoms with E-state index in [0.717, 1.165) is 67.5 Å². The number of likely N-dealkylation sites (tertiary alicyclic amines) is 2. The summed E-state index contributed by atoms with van der Waals surface area (Å²) in [7, 11) is 0. The van der Waals surface area contributed by atoms with Gasteiger partial charge in [-0.15, -0.1) is 0 Å². The molecule has 3 heterocycles. The summed E-state index contributed by atoms with van der Waals surface area (Å²) in [5, 5.41) is 14.6. The molecule has 3 aliphatic rings. The summed E-state index contributed by atoms with van der Waals surface area (Å²) in [4.78, 5) is 30.4. The SMILES string of the molecule is Cc1ccccc1OC1CCN(C(=O)Cn2nc(C(=O)N3CCC(O)CC3)c3c2CCCCC3)CC1. The molecule has 1 aromatic heterocycles. The molecule has 1 N–H and O–H groups in total. The van der Waals surface area contributed by atoms with E-state index in [0.29, 0.717) is 44.7 Å². The molecule has 194 valence electrons. The van der Waals surface area contributed by atoms with Crippen molar-refractivity contribution in [2.24, 2.45) is 0 Å². The van der Waals surface area contributed by atoms with E-state index in [1.54, 1.807) is 0 Å². The van der Waals surface area contributed by atoms with Gasteiger partial charge in [-0.2, -0.15) is 5.10 Å². The number of benzene rings is 1. The number of aryl methyl sites for hydroxylation is 1. The summed E-state index contributed by atoms with van der Waals surface area (Å²) in [6.45, 7) is 4.67. The van der Waals surface area contributed by atoms with Crippen LogP contribution in [0.4, 0.5) is 0 Å². The lowest BCUT2D eigenvalue weighted by atomic mass is 10.0. The Balaban J connectivity index is 1.24. The van der Waals surface area contributed by atoms with Crippen LogP contribution < -0.4 is 4.74 Å². The zero-order chi connectivity index (χ0) is 25.1. The number of carbonyl (C=O) groups excluding carboxylic acids is 2. The highest BCUT2D eigenvalue weighted by molar-refractivity contribution is 5.94. The van der Waals surface area contributed by atoms with E-state index in [2.05, 4.69) is 13.0 Å². The van der Waals surface area contributed by atoms with Crippen LogP contribution in [0.1, 0.15) is 72.3 Å². The van der Waals surface area contributed by atoms with Crippen LogP contribution >= 0.6 is 0 Å². The molecule has 0 saturated carbocycles. The summed E-state index contributed by atoms with van der Waals surface area (Å²) in [6.07, 6.45) is 7.53. The number of nitrogens with zero attached hydrogens (tertiary/aromatic N) is 4. The third-order valence-corrected chi connectivity index (χ3v) is 7.93. The highest BCUT2D eigenvalue weighted by Crippen LogP contribution is 2.27. The lowest BCUT2D eigenvalue weighted by molar-refractivity contribution is -0.133. The van der Waals surface area contributed by atoms with Crippen molar-refractivity contribution in [2.45, 2.75) is 83.5 Å². The Hall–Kier alpha value is -2.87. The molecule has 0 atom stereocenters. The van der Waals surface area contributed by atoms with Crippen molar-refractivity contribution in [3.05, 3.63) is 46.8 Å². The number of hydrogen-bond donors (Lipinski definition) is 1. The molecule has 2 aliphatic heterocycles. The zero-order valence-corrected chi connectivity index (χ0v) is 21.3. The Morgan fingerprint density at radius 2 is 1.67 bits per heavy atom. The lowest BCUT2D eigenvalue weighted by Crippen LogP contribution is -2.43. The van der Waals surface area contributed by atoms with Crippen molar-refractivity contribution >= 4 is 11.8 Å². The summed E-state index contributed by atoms with van der Waals surface area (Å²) in [5.41, 5.74) is 3.73. The van der Waals surface area contributed by atoms with Gasteiger partial charge in [-0.05, 0) is 57.1 Å². The minimum absolute atomic E-state index is 0.0546. The largest absolute Gasteiger partial charge is 0.490 e. The van der Waals surface area contributed by atoms with Gasteiger partial charge in [-0.3, -0.25) is 14.3 Å². The van der Waals surface area contributed by atoms with Crippen molar-refractivity contribution in [1.82, 2.24) is 19.6 Å². The maximum absolute atomic E-state index is 13.4. The standard InChI is InChI=1S/C28H38N4O4/c1-20-7-5-6-10-25(20)36-22-13-17-30(18-14-22)26(34)19-32-24-9-4-2-3-8-23(24)27(29-32)28(35)31-15-11-21(33)12-16-31/h5-7,10,21-22,33H,2-4,8-9,11-19H2,1H3. The fourth-order valence-corrected chi connectivity index (χ4v) is 5.69. The van der Waals surface area contributed by atoms with Crippen molar-refractivity contribution in [3.63, 3.8) is 0 Å². The molecule has 0 spiro atoms. The van der Waals surface area contributed by atoms with Crippen LogP contribution in [0.5, 0.6) is 5.75 Å². The molecule has 36 heavy (non-hydrogen) atoms. The van der Waals surface area contributed by atoms with Gasteiger partial charge in [0.15, 0.2) is 5.69 Å². The van der Waals surface area contributed by atoms with E-state index in [4.69, 9.17) is 9.84 Å². The highest BCUT2D eigenvalue weighted by atomic mass is 16.5. The van der Waals surface area contributed by atoms with E-state index >= 15 is 0 Å². The molecule has 1 aliphatic carbocycles. The Labute approximate surface area is 213 Å². The van der Waals surface area contributed by atoms with E-state index < -0.39 is 0 Å². The number of ether oxygens (including phenoxy) is 1. The molecule has 2 amide bonds. The summed E-state index contributed by atoms with van der Waals surface area (Å²) >= 11 is 0. The second-order valence-corrected chi connectivity index (χ2v) is 10.5. The van der Waals surface area contributed by atoms with Crippen LogP contribution in [0.25, 0.3) is 0 Å². The lowest BCUT2D eigenvalue weighted by Gasteiger charge is -2.32. The first kappa shape index (κ1) is 24.8. The van der Waals surface area contributed by atoms with Crippen LogP contribution in [0, 0.1) is 6.92 Å². The fraction of sp³-hybridized carbons (Fsp3) is 0.607. The predicted octanol–water partition coefficient (Wildman–Crippen LogP) is 3.13. The van der Waals surface area contributed by atoms with Gasteiger partial charge >= 0.3 is 0 Å². The molecule has 0 radical (unpaired) electrons. The normalized spacial score (nSPS) is 19.6. The van der Waals surface area contributed by atoms with Crippen LogP contribution in [0.3, 0.4) is 0 Å². The molecule has 5 rings (SSSR count). The van der Waals surface area contributed by atoms with Gasteiger partial charge < -0.3 is 19.6 Å². The number of piperidine rings is 2. The summed E-state index contributed by atoms with van der Waals surface area (Å²) in [5.74, 6) is 0.918. The topological polar surface area (TPSA) is 87.9 Å². The van der Waals surface area contributed by atoms with Gasteiger partial charge in [-0.1, -0.05) is 24.6 Å². The van der Waals surface area contributed by atoms with Gasteiger partial charge in [-0.25, -0.2) is 0 Å². The average molecular weight is 495 g/mol. The molecular formula is C28H38N4O4. The van der Waals surface area contributed by atoms with Crippen LogP contribution in [0.2, 0.25) is 0 Å². The second-order valence-electron chi connectivity index (χ2n) is 10.5. The van der Waals surface area contributed by atoms with Crippen LogP contribution in [-0.2, 0) is 24.2 Å². The van der Waals surface area contributed by atoms with E-state index in [-0.39, 0.29) is 30.6 Å². The molecule has 2 aromatic rings. The Kier molecular flexibility index (Phi) is 7.60. The maximum Gasteiger partial charge on any atom is 0.274 e. The molecule has 0 unspecified atom stereocenters. The molecule has 2 saturated heterocycles. The molecule has 8 nitrogen and oxygen atoms in total. The number of aliphatic hydroxyl groups is 1. The second kappa shape index (κ2) is 11.0. The first-order valence-electron chi connectivity index (χ1n) is 13.6. The number of amides is 2. The number of hydrogen-bond acceptors (Lipinski definition) is 5. The third kappa shape index (κ3) is 5.43. The van der Waals surface area contributed by atoms with Crippen molar-refractivity contribution in [1.29, 1.82) is 0 Å². The summed E-state index contributed by atoms with van der Waals surface area (Å²) in [6, 6.07) is 8.05. The van der Waals surface area contributed by atoms with Gasteiger partial charge in [0, 0.05) is 50.3 Å². The number of carbonyl (C=O) groups is 2. The highest BCUT2D eigenvalue weighted by Gasteiger charge is 2.31. The number of fused-ring (bicyclic) bond motifs is 1. The van der Waals surface area contributed by atoms with E-state index in [9.17, 15) is 14.7 Å². The fourth-order valence-electron chi connectivity index (χ4n) is 5.69. The van der Waals surface area contributed by atoms with Gasteiger partial charge in [0.05, 0.1) is 6.10 Å².